The molecule has 0 bridgehead atoms. The number of carbonyl (C=O) groups is 1. The van der Waals surface area contributed by atoms with Crippen LogP contribution in [-0.4, -0.2) is 55.7 Å². The first kappa shape index (κ1) is 15.0. The van der Waals surface area contributed by atoms with Gasteiger partial charge in [-0.25, -0.2) is 4.98 Å². The van der Waals surface area contributed by atoms with Crippen LogP contribution in [0.25, 0.3) is 0 Å². The Bertz CT molecular complexity index is 550. The molecular formula is C12H17N5O4. The second kappa shape index (κ2) is 6.35. The number of hydrogen-bond acceptors (Lipinski definition) is 7. The summed E-state index contributed by atoms with van der Waals surface area (Å²) in [7, 11) is 3.17. The molecule has 1 aromatic heterocycles. The van der Waals surface area contributed by atoms with E-state index in [4.69, 9.17) is 4.74 Å². The number of rotatable bonds is 4. The van der Waals surface area contributed by atoms with E-state index in [1.165, 1.54) is 19.2 Å². The fourth-order valence-corrected chi connectivity index (χ4v) is 2.14. The van der Waals surface area contributed by atoms with Crippen molar-refractivity contribution in [2.24, 2.45) is 0 Å². The SMILES string of the molecule is CNC(=O)C1COCCN1c1cc([N+](=O)[O-])cc(NC)n1. The predicted octanol–water partition coefficient (Wildman–Crippen LogP) is -0.0173. The van der Waals surface area contributed by atoms with Crippen LogP contribution >= 0.6 is 0 Å². The Morgan fingerprint density at radius 2 is 2.29 bits per heavy atom. The number of ether oxygens (including phenoxy) is 1. The monoisotopic (exact) mass is 295 g/mol. The minimum Gasteiger partial charge on any atom is -0.377 e. The van der Waals surface area contributed by atoms with Gasteiger partial charge in [0, 0.05) is 20.6 Å². The molecule has 1 aromatic rings. The zero-order valence-electron chi connectivity index (χ0n) is 11.8. The van der Waals surface area contributed by atoms with Crippen LogP contribution in [0.4, 0.5) is 17.3 Å². The van der Waals surface area contributed by atoms with Crippen LogP contribution in [0.3, 0.4) is 0 Å². The second-order valence-corrected chi connectivity index (χ2v) is 4.47. The largest absolute Gasteiger partial charge is 0.377 e. The number of likely N-dealkylation sites (N-methyl/N-ethyl adjacent to an activating group) is 1. The van der Waals surface area contributed by atoms with Crippen molar-refractivity contribution in [2.45, 2.75) is 6.04 Å². The molecule has 0 saturated carbocycles. The topological polar surface area (TPSA) is 110 Å². The average molecular weight is 295 g/mol. The summed E-state index contributed by atoms with van der Waals surface area (Å²) in [4.78, 5) is 28.5. The molecule has 2 N–H and O–H groups in total. The van der Waals surface area contributed by atoms with E-state index in [0.717, 1.165) is 0 Å². The lowest BCUT2D eigenvalue weighted by Gasteiger charge is -2.35. The maximum atomic E-state index is 11.9. The van der Waals surface area contributed by atoms with Gasteiger partial charge >= 0.3 is 0 Å². The van der Waals surface area contributed by atoms with E-state index in [1.807, 2.05) is 0 Å². The van der Waals surface area contributed by atoms with Gasteiger partial charge in [0.2, 0.25) is 5.91 Å². The zero-order valence-corrected chi connectivity index (χ0v) is 11.8. The lowest BCUT2D eigenvalue weighted by atomic mass is 10.2. The molecule has 1 fully saturated rings. The molecule has 1 aliphatic heterocycles. The van der Waals surface area contributed by atoms with Gasteiger partial charge in [-0.15, -0.1) is 0 Å². The maximum Gasteiger partial charge on any atom is 0.276 e. The Morgan fingerprint density at radius 1 is 1.52 bits per heavy atom. The van der Waals surface area contributed by atoms with Gasteiger partial charge in [0.1, 0.15) is 17.7 Å². The first-order chi connectivity index (χ1) is 10.1. The van der Waals surface area contributed by atoms with Crippen LogP contribution in [0.15, 0.2) is 12.1 Å². The third-order valence-corrected chi connectivity index (χ3v) is 3.24. The van der Waals surface area contributed by atoms with Crippen molar-refractivity contribution in [1.82, 2.24) is 10.3 Å². The van der Waals surface area contributed by atoms with Gasteiger partial charge in [-0.05, 0) is 0 Å². The summed E-state index contributed by atoms with van der Waals surface area (Å²) in [5.41, 5.74) is -0.0773. The summed E-state index contributed by atoms with van der Waals surface area (Å²) in [6, 6.07) is 2.16. The zero-order chi connectivity index (χ0) is 15.4. The van der Waals surface area contributed by atoms with Crippen molar-refractivity contribution in [3.63, 3.8) is 0 Å². The number of nitro groups is 1. The number of aromatic nitrogens is 1. The molecule has 9 nitrogen and oxygen atoms in total. The molecule has 114 valence electrons. The third kappa shape index (κ3) is 3.19. The van der Waals surface area contributed by atoms with Crippen molar-refractivity contribution < 1.29 is 14.5 Å². The quantitative estimate of drug-likeness (QED) is 0.593. The van der Waals surface area contributed by atoms with Gasteiger partial charge < -0.3 is 20.3 Å². The number of nitrogens with one attached hydrogen (secondary N) is 2. The van der Waals surface area contributed by atoms with Gasteiger partial charge in [0.25, 0.3) is 5.69 Å². The molecule has 1 atom stereocenters. The lowest BCUT2D eigenvalue weighted by molar-refractivity contribution is -0.384. The smallest absolute Gasteiger partial charge is 0.276 e. The number of pyridine rings is 1. The summed E-state index contributed by atoms with van der Waals surface area (Å²) in [6.07, 6.45) is 0. The number of carbonyl (C=O) groups excluding carboxylic acids is 1. The fraction of sp³-hybridized carbons (Fsp3) is 0.500. The van der Waals surface area contributed by atoms with Crippen LogP contribution in [0, 0.1) is 10.1 Å². The van der Waals surface area contributed by atoms with Crippen molar-refractivity contribution >= 4 is 23.2 Å². The molecule has 21 heavy (non-hydrogen) atoms. The molecule has 1 aliphatic rings. The lowest BCUT2D eigenvalue weighted by Crippen LogP contribution is -2.53. The van der Waals surface area contributed by atoms with E-state index >= 15 is 0 Å². The van der Waals surface area contributed by atoms with E-state index < -0.39 is 11.0 Å². The number of morpholine rings is 1. The Kier molecular flexibility index (Phi) is 4.53. The molecular weight excluding hydrogens is 278 g/mol. The molecule has 9 heteroatoms. The number of anilines is 2. The van der Waals surface area contributed by atoms with Crippen molar-refractivity contribution in [3.8, 4) is 0 Å². The first-order valence-electron chi connectivity index (χ1n) is 6.47. The van der Waals surface area contributed by atoms with Crippen LogP contribution in [0.5, 0.6) is 0 Å². The highest BCUT2D eigenvalue weighted by Crippen LogP contribution is 2.25. The van der Waals surface area contributed by atoms with E-state index in [-0.39, 0.29) is 18.2 Å². The molecule has 1 amide bonds. The molecule has 0 aromatic carbocycles. The van der Waals surface area contributed by atoms with Crippen LogP contribution in [0.2, 0.25) is 0 Å². The summed E-state index contributed by atoms with van der Waals surface area (Å²) >= 11 is 0. The second-order valence-electron chi connectivity index (χ2n) is 4.47. The minimum atomic E-state index is -0.553. The Balaban J connectivity index is 2.39. The molecule has 0 aliphatic carbocycles. The summed E-state index contributed by atoms with van der Waals surface area (Å²) in [6.45, 7) is 1.10. The van der Waals surface area contributed by atoms with Gasteiger partial charge in [-0.2, -0.15) is 0 Å². The normalized spacial score (nSPS) is 18.2. The summed E-state index contributed by atoms with van der Waals surface area (Å²) in [5, 5.41) is 16.4. The van der Waals surface area contributed by atoms with Crippen molar-refractivity contribution in [3.05, 3.63) is 22.2 Å². The number of amides is 1. The van der Waals surface area contributed by atoms with Crippen molar-refractivity contribution in [2.75, 3.05) is 44.1 Å². The van der Waals surface area contributed by atoms with Gasteiger partial charge in [0.15, 0.2) is 0 Å². The van der Waals surface area contributed by atoms with Gasteiger partial charge in [-0.1, -0.05) is 0 Å². The third-order valence-electron chi connectivity index (χ3n) is 3.24. The summed E-state index contributed by atoms with van der Waals surface area (Å²) in [5.74, 6) is 0.542. The highest BCUT2D eigenvalue weighted by atomic mass is 16.6. The van der Waals surface area contributed by atoms with Crippen LogP contribution < -0.4 is 15.5 Å². The van der Waals surface area contributed by atoms with Gasteiger partial charge in [-0.3, -0.25) is 14.9 Å². The summed E-state index contributed by atoms with van der Waals surface area (Å²) < 4.78 is 5.31. The van der Waals surface area contributed by atoms with E-state index in [2.05, 4.69) is 15.6 Å². The maximum absolute atomic E-state index is 11.9. The van der Waals surface area contributed by atoms with E-state index in [1.54, 1.807) is 11.9 Å². The Labute approximate surface area is 121 Å². The fourth-order valence-electron chi connectivity index (χ4n) is 2.14. The van der Waals surface area contributed by atoms with Crippen LogP contribution in [-0.2, 0) is 9.53 Å². The average Bonchev–Trinajstić information content (AvgIpc) is 2.53. The van der Waals surface area contributed by atoms with Crippen LogP contribution in [0.1, 0.15) is 0 Å². The minimum absolute atomic E-state index is 0.0773. The highest BCUT2D eigenvalue weighted by molar-refractivity contribution is 5.85. The molecule has 1 saturated heterocycles. The van der Waals surface area contributed by atoms with Crippen molar-refractivity contribution in [1.29, 1.82) is 0 Å². The first-order valence-corrected chi connectivity index (χ1v) is 6.47. The Hall–Kier alpha value is -2.42. The molecule has 1 unspecified atom stereocenters. The predicted molar refractivity (Wildman–Crippen MR) is 76.5 cm³/mol. The Morgan fingerprint density at radius 3 is 2.90 bits per heavy atom. The van der Waals surface area contributed by atoms with E-state index in [9.17, 15) is 14.9 Å². The molecule has 0 spiro atoms. The van der Waals surface area contributed by atoms with E-state index in [0.29, 0.717) is 24.8 Å². The number of hydrogen-bond donors (Lipinski definition) is 2. The highest BCUT2D eigenvalue weighted by Gasteiger charge is 2.31. The molecule has 0 radical (unpaired) electrons. The standard InChI is InChI=1S/C12H17N5O4/c1-13-10-5-8(17(19)20)6-11(15-10)16-3-4-21-7-9(16)12(18)14-2/h5-6,9H,3-4,7H2,1-2H3,(H,13,15)(H,14,18). The van der Waals surface area contributed by atoms with Gasteiger partial charge in [0.05, 0.1) is 30.3 Å². The number of nitrogens with zero attached hydrogens (tertiary/aromatic N) is 3. The molecule has 2 heterocycles. The molecule has 2 rings (SSSR count).